The van der Waals surface area contributed by atoms with Crippen LogP contribution in [0.3, 0.4) is 0 Å². The Kier molecular flexibility index (Phi) is 4.77. The predicted molar refractivity (Wildman–Crippen MR) is 98.3 cm³/mol. The summed E-state index contributed by atoms with van der Waals surface area (Å²) in [6, 6.07) is 6.30. The molecule has 2 aromatic heterocycles. The van der Waals surface area contributed by atoms with Crippen molar-refractivity contribution >= 4 is 45.3 Å². The van der Waals surface area contributed by atoms with Crippen LogP contribution in [0.25, 0.3) is 10.6 Å². The molecule has 9 heteroatoms. The van der Waals surface area contributed by atoms with Crippen molar-refractivity contribution in [2.45, 2.75) is 13.8 Å². The molecule has 128 valence electrons. The SMILES string of the molecule is CC(=O)Nc1nc(C)c(-c2csc(C(=O)Nc3cccc(O)c3)n2)s1. The maximum Gasteiger partial charge on any atom is 0.284 e. The molecule has 3 rings (SSSR count). The van der Waals surface area contributed by atoms with Crippen molar-refractivity contribution in [1.29, 1.82) is 0 Å². The van der Waals surface area contributed by atoms with Crippen molar-refractivity contribution in [1.82, 2.24) is 9.97 Å². The predicted octanol–water partition coefficient (Wildman–Crippen LogP) is 3.49. The van der Waals surface area contributed by atoms with E-state index in [1.807, 2.05) is 6.92 Å². The summed E-state index contributed by atoms with van der Waals surface area (Å²) in [5, 5.41) is 17.3. The van der Waals surface area contributed by atoms with Crippen LogP contribution in [0.15, 0.2) is 29.6 Å². The summed E-state index contributed by atoms with van der Waals surface area (Å²) in [7, 11) is 0. The molecule has 3 N–H and O–H groups in total. The highest BCUT2D eigenvalue weighted by molar-refractivity contribution is 7.19. The molecule has 0 fully saturated rings. The van der Waals surface area contributed by atoms with Gasteiger partial charge in [-0.05, 0) is 19.1 Å². The summed E-state index contributed by atoms with van der Waals surface area (Å²) in [6.45, 7) is 3.24. The second-order valence-electron chi connectivity index (χ2n) is 5.16. The highest BCUT2D eigenvalue weighted by atomic mass is 32.1. The summed E-state index contributed by atoms with van der Waals surface area (Å²) < 4.78 is 0. The normalized spacial score (nSPS) is 10.5. The van der Waals surface area contributed by atoms with Crippen LogP contribution in [0.2, 0.25) is 0 Å². The Morgan fingerprint density at radius 1 is 1.20 bits per heavy atom. The fourth-order valence-electron chi connectivity index (χ4n) is 2.09. The number of thiazole rings is 2. The van der Waals surface area contributed by atoms with Gasteiger partial charge in [0.15, 0.2) is 10.1 Å². The first-order valence-electron chi connectivity index (χ1n) is 7.23. The van der Waals surface area contributed by atoms with Crippen LogP contribution >= 0.6 is 22.7 Å². The number of amides is 2. The number of hydrogen-bond acceptors (Lipinski definition) is 7. The van der Waals surface area contributed by atoms with Crippen molar-refractivity contribution < 1.29 is 14.7 Å². The molecule has 0 aliphatic carbocycles. The molecule has 25 heavy (non-hydrogen) atoms. The minimum absolute atomic E-state index is 0.0726. The molecule has 0 spiro atoms. The Labute approximate surface area is 151 Å². The summed E-state index contributed by atoms with van der Waals surface area (Å²) in [4.78, 5) is 32.9. The average molecular weight is 374 g/mol. The topological polar surface area (TPSA) is 104 Å². The maximum absolute atomic E-state index is 12.3. The molecule has 0 aliphatic rings. The van der Waals surface area contributed by atoms with Gasteiger partial charge in [-0.3, -0.25) is 9.59 Å². The number of nitrogens with one attached hydrogen (secondary N) is 2. The van der Waals surface area contributed by atoms with Gasteiger partial charge in [-0.25, -0.2) is 9.97 Å². The van der Waals surface area contributed by atoms with E-state index in [0.717, 1.165) is 10.6 Å². The number of rotatable bonds is 4. The van der Waals surface area contributed by atoms with Gasteiger partial charge in [0, 0.05) is 24.1 Å². The molecule has 0 saturated carbocycles. The molecule has 7 nitrogen and oxygen atoms in total. The molecular formula is C16H14N4O3S2. The molecular weight excluding hydrogens is 360 g/mol. The number of anilines is 2. The van der Waals surface area contributed by atoms with Crippen molar-refractivity contribution in [3.8, 4) is 16.3 Å². The van der Waals surface area contributed by atoms with E-state index in [9.17, 15) is 14.7 Å². The van der Waals surface area contributed by atoms with E-state index in [1.165, 1.54) is 41.7 Å². The highest BCUT2D eigenvalue weighted by Crippen LogP contribution is 2.33. The average Bonchev–Trinajstić information content (AvgIpc) is 3.13. The van der Waals surface area contributed by atoms with E-state index in [0.29, 0.717) is 21.5 Å². The number of hydrogen-bond donors (Lipinski definition) is 3. The Morgan fingerprint density at radius 3 is 2.72 bits per heavy atom. The second-order valence-corrected chi connectivity index (χ2v) is 7.01. The van der Waals surface area contributed by atoms with Gasteiger partial charge in [0.05, 0.1) is 16.3 Å². The number of aromatic nitrogens is 2. The van der Waals surface area contributed by atoms with E-state index in [2.05, 4.69) is 20.6 Å². The van der Waals surface area contributed by atoms with E-state index >= 15 is 0 Å². The molecule has 3 aromatic rings. The first kappa shape index (κ1) is 17.1. The van der Waals surface area contributed by atoms with Gasteiger partial charge in [0.1, 0.15) is 5.75 Å². The zero-order chi connectivity index (χ0) is 18.0. The van der Waals surface area contributed by atoms with Gasteiger partial charge >= 0.3 is 0 Å². The molecule has 0 radical (unpaired) electrons. The summed E-state index contributed by atoms with van der Waals surface area (Å²) in [5.74, 6) is -0.473. The lowest BCUT2D eigenvalue weighted by Crippen LogP contribution is -2.11. The highest BCUT2D eigenvalue weighted by Gasteiger charge is 2.17. The first-order valence-corrected chi connectivity index (χ1v) is 8.93. The standard InChI is InChI=1S/C16H14N4O3S2/c1-8-13(25-16(17-8)18-9(2)21)12-7-24-15(20-12)14(23)19-10-4-3-5-11(22)6-10/h3-7,22H,1-2H3,(H,19,23)(H,17,18,21). The third-order valence-corrected chi connectivity index (χ3v) is 5.05. The largest absolute Gasteiger partial charge is 0.508 e. The molecule has 1 aromatic carbocycles. The summed E-state index contributed by atoms with van der Waals surface area (Å²) >= 11 is 2.52. The van der Waals surface area contributed by atoms with Crippen molar-refractivity contribution in [2.75, 3.05) is 10.6 Å². The molecule has 0 atom stereocenters. The number of phenolic OH excluding ortho intramolecular Hbond substituents is 1. The first-order chi connectivity index (χ1) is 11.9. The number of carbonyl (C=O) groups is 2. The number of aryl methyl sites for hydroxylation is 1. The lowest BCUT2D eigenvalue weighted by atomic mass is 10.3. The Hall–Kier alpha value is -2.78. The fraction of sp³-hybridized carbons (Fsp3) is 0.125. The lowest BCUT2D eigenvalue weighted by molar-refractivity contribution is -0.114. The fourth-order valence-corrected chi connectivity index (χ4v) is 3.84. The molecule has 0 bridgehead atoms. The van der Waals surface area contributed by atoms with E-state index in [4.69, 9.17) is 0 Å². The van der Waals surface area contributed by atoms with E-state index in [1.54, 1.807) is 17.5 Å². The minimum Gasteiger partial charge on any atom is -0.508 e. The molecule has 2 amide bonds. The van der Waals surface area contributed by atoms with E-state index < -0.39 is 0 Å². The number of benzene rings is 1. The minimum atomic E-state index is -0.355. The maximum atomic E-state index is 12.3. The second kappa shape index (κ2) is 6.99. The zero-order valence-corrected chi connectivity index (χ0v) is 15.0. The third-order valence-electron chi connectivity index (χ3n) is 3.11. The number of phenols is 1. The van der Waals surface area contributed by atoms with Crippen LogP contribution in [0.5, 0.6) is 5.75 Å². The van der Waals surface area contributed by atoms with Crippen LogP contribution in [-0.4, -0.2) is 26.9 Å². The molecule has 0 saturated heterocycles. The van der Waals surface area contributed by atoms with Crippen LogP contribution in [0.4, 0.5) is 10.8 Å². The molecule has 0 unspecified atom stereocenters. The number of aromatic hydroxyl groups is 1. The van der Waals surface area contributed by atoms with Crippen LogP contribution in [0.1, 0.15) is 22.4 Å². The number of nitrogens with zero attached hydrogens (tertiary/aromatic N) is 2. The van der Waals surface area contributed by atoms with Gasteiger partial charge in [-0.15, -0.1) is 11.3 Å². The van der Waals surface area contributed by atoms with Crippen molar-refractivity contribution in [2.24, 2.45) is 0 Å². The smallest absolute Gasteiger partial charge is 0.284 e. The zero-order valence-electron chi connectivity index (χ0n) is 13.4. The Bertz CT molecular complexity index is 949. The van der Waals surface area contributed by atoms with Gasteiger partial charge in [0.2, 0.25) is 5.91 Å². The Morgan fingerprint density at radius 2 is 2.00 bits per heavy atom. The van der Waals surface area contributed by atoms with Gasteiger partial charge in [0.25, 0.3) is 5.91 Å². The van der Waals surface area contributed by atoms with Crippen LogP contribution in [0, 0.1) is 6.92 Å². The lowest BCUT2D eigenvalue weighted by Gasteiger charge is -2.02. The third kappa shape index (κ3) is 4.01. The molecule has 0 aliphatic heterocycles. The summed E-state index contributed by atoms with van der Waals surface area (Å²) in [5.41, 5.74) is 1.86. The van der Waals surface area contributed by atoms with Crippen LogP contribution < -0.4 is 10.6 Å². The molecule has 2 heterocycles. The Balaban J connectivity index is 1.79. The van der Waals surface area contributed by atoms with Gasteiger partial charge in [-0.1, -0.05) is 17.4 Å². The number of carbonyl (C=O) groups excluding carboxylic acids is 2. The van der Waals surface area contributed by atoms with Crippen LogP contribution in [-0.2, 0) is 4.79 Å². The van der Waals surface area contributed by atoms with Gasteiger partial charge in [-0.2, -0.15) is 0 Å². The van der Waals surface area contributed by atoms with E-state index in [-0.39, 0.29) is 17.6 Å². The van der Waals surface area contributed by atoms with Gasteiger partial charge < -0.3 is 15.7 Å². The quantitative estimate of drug-likeness (QED) is 0.648. The summed E-state index contributed by atoms with van der Waals surface area (Å²) in [6.07, 6.45) is 0. The van der Waals surface area contributed by atoms with Crippen molar-refractivity contribution in [3.05, 3.63) is 40.3 Å². The monoisotopic (exact) mass is 374 g/mol. The van der Waals surface area contributed by atoms with Crippen molar-refractivity contribution in [3.63, 3.8) is 0 Å².